The average molecular weight is 283 g/mol. The van der Waals surface area contributed by atoms with Gasteiger partial charge in [0.2, 0.25) is 0 Å². The van der Waals surface area contributed by atoms with Crippen molar-refractivity contribution in [1.82, 2.24) is 5.32 Å². The molecule has 1 aliphatic rings. The van der Waals surface area contributed by atoms with Crippen LogP contribution in [0.25, 0.3) is 0 Å². The van der Waals surface area contributed by atoms with Crippen LogP contribution in [0.5, 0.6) is 0 Å². The first-order valence-electron chi connectivity index (χ1n) is 6.95. The van der Waals surface area contributed by atoms with Gasteiger partial charge in [-0.05, 0) is 45.0 Å². The third-order valence-electron chi connectivity index (χ3n) is 3.70. The molecule has 0 radical (unpaired) electrons. The monoisotopic (exact) mass is 282 g/mol. The van der Waals surface area contributed by atoms with Gasteiger partial charge in [0.05, 0.1) is 6.10 Å². The number of hydrogen-bond acceptors (Lipinski definition) is 3. The average Bonchev–Trinajstić information content (AvgIpc) is 2.62. The highest BCUT2D eigenvalue weighted by Crippen LogP contribution is 2.28. The molecule has 19 heavy (non-hydrogen) atoms. The molecule has 2 unspecified atom stereocenters. The van der Waals surface area contributed by atoms with E-state index >= 15 is 0 Å². The minimum absolute atomic E-state index is 0.271. The Balaban J connectivity index is 2.18. The van der Waals surface area contributed by atoms with Crippen molar-refractivity contribution >= 4 is 17.3 Å². The van der Waals surface area contributed by atoms with Crippen LogP contribution in [0.3, 0.4) is 0 Å². The number of ether oxygens (including phenoxy) is 1. The Morgan fingerprint density at radius 3 is 2.95 bits per heavy atom. The zero-order valence-electron chi connectivity index (χ0n) is 11.9. The highest BCUT2D eigenvalue weighted by atomic mass is 35.5. The van der Waals surface area contributed by atoms with Gasteiger partial charge >= 0.3 is 0 Å². The molecule has 0 aromatic heterocycles. The summed E-state index contributed by atoms with van der Waals surface area (Å²) in [6.07, 6.45) is 1.34. The maximum Gasteiger partial charge on any atom is 0.0721 e. The molecule has 1 aromatic carbocycles. The van der Waals surface area contributed by atoms with E-state index < -0.39 is 0 Å². The summed E-state index contributed by atoms with van der Waals surface area (Å²) in [5.74, 6) is 0. The number of rotatable bonds is 3. The highest BCUT2D eigenvalue weighted by molar-refractivity contribution is 6.31. The van der Waals surface area contributed by atoms with Gasteiger partial charge in [0.25, 0.3) is 0 Å². The fourth-order valence-corrected chi connectivity index (χ4v) is 2.79. The lowest BCUT2D eigenvalue weighted by Gasteiger charge is -2.25. The largest absolute Gasteiger partial charge is 0.377 e. The van der Waals surface area contributed by atoms with Crippen molar-refractivity contribution in [2.24, 2.45) is 0 Å². The van der Waals surface area contributed by atoms with E-state index in [0.717, 1.165) is 36.7 Å². The summed E-state index contributed by atoms with van der Waals surface area (Å²) in [5, 5.41) is 4.05. The Labute approximate surface area is 120 Å². The second kappa shape index (κ2) is 6.60. The summed E-state index contributed by atoms with van der Waals surface area (Å²) < 4.78 is 5.68. The molecular formula is C15H23ClN2O. The van der Waals surface area contributed by atoms with Gasteiger partial charge in [-0.25, -0.2) is 0 Å². The predicted molar refractivity (Wildman–Crippen MR) is 81.2 cm³/mol. The molecule has 1 aromatic rings. The van der Waals surface area contributed by atoms with Crippen LogP contribution in [-0.4, -0.2) is 32.8 Å². The van der Waals surface area contributed by atoms with Crippen molar-refractivity contribution in [1.29, 1.82) is 0 Å². The van der Waals surface area contributed by atoms with Gasteiger partial charge in [-0.2, -0.15) is 0 Å². The summed E-state index contributed by atoms with van der Waals surface area (Å²) >= 11 is 6.40. The molecule has 0 bridgehead atoms. The molecular weight excluding hydrogens is 260 g/mol. The van der Waals surface area contributed by atoms with Gasteiger partial charge in [-0.15, -0.1) is 0 Å². The second-order valence-electron chi connectivity index (χ2n) is 5.20. The van der Waals surface area contributed by atoms with Gasteiger partial charge in [0.1, 0.15) is 0 Å². The Kier molecular flexibility index (Phi) is 5.08. The van der Waals surface area contributed by atoms with Crippen molar-refractivity contribution < 1.29 is 4.74 Å². The van der Waals surface area contributed by atoms with E-state index in [1.807, 2.05) is 7.05 Å². The fourth-order valence-electron chi connectivity index (χ4n) is 2.45. The standard InChI is InChI=1S/C15H23ClN2O/c1-11-10-18(7-4-8-19-11)13-5-6-14(12(2)17-3)15(16)9-13/h5-6,9,11-12,17H,4,7-8,10H2,1-3H3. The summed E-state index contributed by atoms with van der Waals surface area (Å²) in [6, 6.07) is 6.62. The number of hydrogen-bond donors (Lipinski definition) is 1. The zero-order valence-corrected chi connectivity index (χ0v) is 12.7. The van der Waals surface area contributed by atoms with Gasteiger partial charge in [-0.3, -0.25) is 0 Å². The van der Waals surface area contributed by atoms with E-state index in [0.29, 0.717) is 0 Å². The van der Waals surface area contributed by atoms with Crippen molar-refractivity contribution in [3.05, 3.63) is 28.8 Å². The van der Waals surface area contributed by atoms with Crippen LogP contribution in [0, 0.1) is 0 Å². The first-order valence-corrected chi connectivity index (χ1v) is 7.33. The normalized spacial score (nSPS) is 22.1. The molecule has 0 saturated carbocycles. The van der Waals surface area contributed by atoms with Crippen molar-refractivity contribution in [3.8, 4) is 0 Å². The number of anilines is 1. The minimum Gasteiger partial charge on any atom is -0.377 e. The molecule has 2 rings (SSSR count). The van der Waals surface area contributed by atoms with Crippen LogP contribution in [0.4, 0.5) is 5.69 Å². The topological polar surface area (TPSA) is 24.5 Å². The van der Waals surface area contributed by atoms with E-state index in [9.17, 15) is 0 Å². The molecule has 0 amide bonds. The van der Waals surface area contributed by atoms with Crippen LogP contribution in [0.1, 0.15) is 31.9 Å². The SMILES string of the molecule is CNC(C)c1ccc(N2CCCOC(C)C2)cc1Cl. The van der Waals surface area contributed by atoms with E-state index in [4.69, 9.17) is 16.3 Å². The van der Waals surface area contributed by atoms with Gasteiger partial charge in [-0.1, -0.05) is 17.7 Å². The molecule has 1 saturated heterocycles. The second-order valence-corrected chi connectivity index (χ2v) is 5.60. The molecule has 1 aliphatic heterocycles. The highest BCUT2D eigenvalue weighted by Gasteiger charge is 2.17. The van der Waals surface area contributed by atoms with Gasteiger partial charge < -0.3 is 15.0 Å². The van der Waals surface area contributed by atoms with Crippen molar-refractivity contribution in [3.63, 3.8) is 0 Å². The smallest absolute Gasteiger partial charge is 0.0721 e. The van der Waals surface area contributed by atoms with Crippen molar-refractivity contribution in [2.45, 2.75) is 32.4 Å². The number of halogens is 1. The molecule has 3 nitrogen and oxygen atoms in total. The third kappa shape index (κ3) is 3.62. The molecule has 1 N–H and O–H groups in total. The minimum atomic E-state index is 0.271. The fraction of sp³-hybridized carbons (Fsp3) is 0.600. The van der Waals surface area contributed by atoms with Crippen molar-refractivity contribution in [2.75, 3.05) is 31.6 Å². The van der Waals surface area contributed by atoms with E-state index in [1.54, 1.807) is 0 Å². The van der Waals surface area contributed by atoms with Crippen LogP contribution in [0.2, 0.25) is 5.02 Å². The number of benzene rings is 1. The lowest BCUT2D eigenvalue weighted by molar-refractivity contribution is 0.0821. The first-order chi connectivity index (χ1) is 9.11. The van der Waals surface area contributed by atoms with Crippen LogP contribution in [-0.2, 0) is 4.74 Å². The molecule has 0 spiro atoms. The number of nitrogens with zero attached hydrogens (tertiary/aromatic N) is 1. The Morgan fingerprint density at radius 2 is 2.26 bits per heavy atom. The molecule has 2 atom stereocenters. The Bertz CT molecular complexity index is 425. The zero-order chi connectivity index (χ0) is 13.8. The van der Waals surface area contributed by atoms with Crippen LogP contribution >= 0.6 is 11.6 Å². The van der Waals surface area contributed by atoms with E-state index in [-0.39, 0.29) is 12.1 Å². The Morgan fingerprint density at radius 1 is 1.47 bits per heavy atom. The maximum absolute atomic E-state index is 6.40. The van der Waals surface area contributed by atoms with Crippen LogP contribution < -0.4 is 10.2 Å². The molecule has 1 heterocycles. The van der Waals surface area contributed by atoms with E-state index in [1.165, 1.54) is 5.69 Å². The molecule has 106 valence electrons. The Hall–Kier alpha value is -0.770. The molecule has 0 aliphatic carbocycles. The third-order valence-corrected chi connectivity index (χ3v) is 4.03. The number of nitrogens with one attached hydrogen (secondary N) is 1. The van der Waals surface area contributed by atoms with Gasteiger partial charge in [0.15, 0.2) is 0 Å². The van der Waals surface area contributed by atoms with Gasteiger partial charge in [0, 0.05) is 36.4 Å². The predicted octanol–water partition coefficient (Wildman–Crippen LogP) is 3.24. The first kappa shape index (κ1) is 14.6. The summed E-state index contributed by atoms with van der Waals surface area (Å²) in [6.45, 7) is 7.04. The quantitative estimate of drug-likeness (QED) is 0.921. The lowest BCUT2D eigenvalue weighted by atomic mass is 10.1. The molecule has 4 heteroatoms. The van der Waals surface area contributed by atoms with Crippen LogP contribution in [0.15, 0.2) is 18.2 Å². The van der Waals surface area contributed by atoms with E-state index in [2.05, 4.69) is 42.3 Å². The summed E-state index contributed by atoms with van der Waals surface area (Å²) in [5.41, 5.74) is 2.33. The summed E-state index contributed by atoms with van der Waals surface area (Å²) in [7, 11) is 1.95. The lowest BCUT2D eigenvalue weighted by Crippen LogP contribution is -2.30. The summed E-state index contributed by atoms with van der Waals surface area (Å²) in [4.78, 5) is 2.36. The molecule has 1 fully saturated rings. The maximum atomic E-state index is 6.40.